The highest BCUT2D eigenvalue weighted by atomic mass is 16.7. The molecule has 10 atom stereocenters. The van der Waals surface area contributed by atoms with Crippen molar-refractivity contribution in [2.75, 3.05) is 13.2 Å². The van der Waals surface area contributed by atoms with E-state index in [0.717, 1.165) is 12.1 Å². The lowest BCUT2D eigenvalue weighted by molar-refractivity contribution is -0.394. The Morgan fingerprint density at radius 1 is 1.05 bits per heavy atom. The number of esters is 2. The number of hydrogen-bond donors (Lipinski definition) is 8. The van der Waals surface area contributed by atoms with E-state index in [1.165, 1.54) is 6.92 Å². The first-order valence-corrected chi connectivity index (χ1v) is 11.6. The lowest BCUT2D eigenvalue weighted by atomic mass is 9.41. The van der Waals surface area contributed by atoms with E-state index in [1.54, 1.807) is 0 Å². The fraction of sp³-hybridized carbons (Fsp3) is 0.652. The summed E-state index contributed by atoms with van der Waals surface area (Å²) < 4.78 is 22.3. The fourth-order valence-electron chi connectivity index (χ4n) is 6.33. The van der Waals surface area contributed by atoms with Crippen LogP contribution in [-0.4, -0.2) is 114 Å². The quantitative estimate of drug-likeness (QED) is 0.142. The highest BCUT2D eigenvalue weighted by Crippen LogP contribution is 2.73. The average Bonchev–Trinajstić information content (AvgIpc) is 2.90. The van der Waals surface area contributed by atoms with Gasteiger partial charge in [-0.2, -0.15) is 0 Å². The minimum Gasteiger partial charge on any atom is -0.504 e. The molecule has 0 unspecified atom stereocenters. The van der Waals surface area contributed by atoms with Crippen molar-refractivity contribution in [1.29, 1.82) is 0 Å². The predicted octanol–water partition coefficient (Wildman–Crippen LogP) is -2.40. The van der Waals surface area contributed by atoms with E-state index in [4.69, 9.17) is 18.9 Å². The number of aliphatic hydroxyl groups excluding tert-OH is 5. The van der Waals surface area contributed by atoms with Gasteiger partial charge in [0.25, 0.3) is 0 Å². The Balaban J connectivity index is 1.34. The fourth-order valence-corrected chi connectivity index (χ4v) is 6.33. The van der Waals surface area contributed by atoms with Crippen LogP contribution in [0.15, 0.2) is 12.1 Å². The molecule has 2 aliphatic heterocycles. The van der Waals surface area contributed by atoms with Gasteiger partial charge < -0.3 is 59.8 Å². The molecular formula is C23H28O14. The van der Waals surface area contributed by atoms with Crippen LogP contribution in [-0.2, 0) is 23.7 Å². The molecular weight excluding hydrogens is 500 g/mol. The van der Waals surface area contributed by atoms with Gasteiger partial charge in [-0.05, 0) is 25.5 Å². The van der Waals surface area contributed by atoms with E-state index in [-0.39, 0.29) is 18.4 Å². The standard InChI is InChI=1S/C23H28O14/c1-21-5-12(27)9-4-23(21,22(9,7-24)20(33)37-21)36-19-17(31)16(30)15(29)13(35-19)6-34-18(32)8-2-10(25)14(28)11(26)3-8/h2-3,9,12-13,15-17,19,24-31H,4-7H2,1H3/t9-,12+,13+,15+,16-,17+,19-,21-,22-,23-/m0/s1. The zero-order chi connectivity index (χ0) is 27.1. The highest BCUT2D eigenvalue weighted by molar-refractivity contribution is 5.91. The first-order valence-electron chi connectivity index (χ1n) is 11.6. The van der Waals surface area contributed by atoms with Crippen molar-refractivity contribution in [3.05, 3.63) is 17.7 Å². The molecule has 1 aromatic rings. The van der Waals surface area contributed by atoms with E-state index >= 15 is 0 Å². The van der Waals surface area contributed by atoms with Crippen LogP contribution < -0.4 is 0 Å². The number of ether oxygens (including phenoxy) is 4. The Kier molecular flexibility index (Phi) is 5.88. The van der Waals surface area contributed by atoms with Crippen molar-refractivity contribution in [2.24, 2.45) is 11.3 Å². The maximum absolute atomic E-state index is 12.8. The van der Waals surface area contributed by atoms with Gasteiger partial charge in [-0.25, -0.2) is 4.79 Å². The number of rotatable bonds is 6. The lowest BCUT2D eigenvalue weighted by Gasteiger charge is -2.66. The lowest BCUT2D eigenvalue weighted by Crippen LogP contribution is -2.80. The van der Waals surface area contributed by atoms with Gasteiger partial charge in [-0.15, -0.1) is 0 Å². The Morgan fingerprint density at radius 2 is 1.70 bits per heavy atom. The number of phenolic OH excluding ortho intramolecular Hbond substituents is 3. The van der Waals surface area contributed by atoms with Gasteiger partial charge >= 0.3 is 11.9 Å². The molecule has 5 aliphatic rings. The third kappa shape index (κ3) is 3.30. The molecule has 14 nitrogen and oxygen atoms in total. The summed E-state index contributed by atoms with van der Waals surface area (Å²) in [5.74, 6) is -4.89. The number of aliphatic hydroxyl groups is 5. The number of carbonyl (C=O) groups excluding carboxylic acids is 2. The molecule has 0 spiro atoms. The molecule has 14 heteroatoms. The molecule has 204 valence electrons. The number of aromatic hydroxyl groups is 3. The molecule has 0 amide bonds. The number of carbonyl (C=O) groups is 2. The smallest absolute Gasteiger partial charge is 0.338 e. The van der Waals surface area contributed by atoms with Gasteiger partial charge in [-0.3, -0.25) is 4.79 Å². The van der Waals surface area contributed by atoms with Crippen LogP contribution in [0.3, 0.4) is 0 Å². The number of hydrogen-bond acceptors (Lipinski definition) is 14. The van der Waals surface area contributed by atoms with Crippen molar-refractivity contribution >= 4 is 11.9 Å². The largest absolute Gasteiger partial charge is 0.504 e. The van der Waals surface area contributed by atoms with E-state index in [1.807, 2.05) is 0 Å². The van der Waals surface area contributed by atoms with Crippen LogP contribution in [0, 0.1) is 11.3 Å². The zero-order valence-corrected chi connectivity index (χ0v) is 19.6. The van der Waals surface area contributed by atoms with Crippen LogP contribution >= 0.6 is 0 Å². The van der Waals surface area contributed by atoms with Gasteiger partial charge in [0.15, 0.2) is 23.5 Å². The molecule has 3 aliphatic carbocycles. The van der Waals surface area contributed by atoms with Gasteiger partial charge in [-0.1, -0.05) is 0 Å². The molecule has 3 saturated carbocycles. The second-order valence-corrected chi connectivity index (χ2v) is 10.3. The van der Waals surface area contributed by atoms with Gasteiger partial charge in [0.05, 0.1) is 18.3 Å². The Bertz CT molecular complexity index is 1100. The summed E-state index contributed by atoms with van der Waals surface area (Å²) in [4.78, 5) is 25.2. The minimum absolute atomic E-state index is 0.00646. The third-order valence-corrected chi connectivity index (χ3v) is 8.38. The monoisotopic (exact) mass is 528 g/mol. The van der Waals surface area contributed by atoms with Gasteiger partial charge in [0.1, 0.15) is 47.6 Å². The minimum atomic E-state index is -1.82. The summed E-state index contributed by atoms with van der Waals surface area (Å²) in [5, 5.41) is 80.7. The summed E-state index contributed by atoms with van der Waals surface area (Å²) in [6.45, 7) is 0.159. The van der Waals surface area contributed by atoms with Gasteiger partial charge in [0.2, 0.25) is 0 Å². The van der Waals surface area contributed by atoms with E-state index in [9.17, 15) is 50.4 Å². The van der Waals surface area contributed by atoms with E-state index in [0.29, 0.717) is 0 Å². The molecule has 1 aromatic carbocycles. The van der Waals surface area contributed by atoms with Crippen molar-refractivity contribution in [3.63, 3.8) is 0 Å². The Labute approximate surface area is 209 Å². The maximum Gasteiger partial charge on any atom is 0.338 e. The summed E-state index contributed by atoms with van der Waals surface area (Å²) in [6, 6.07) is 1.68. The van der Waals surface area contributed by atoms with Crippen LogP contribution in [0.25, 0.3) is 0 Å². The molecule has 6 rings (SSSR count). The molecule has 2 heterocycles. The third-order valence-electron chi connectivity index (χ3n) is 8.38. The molecule has 8 N–H and O–H groups in total. The SMILES string of the molecule is C[C@]12C[C@@H](O)[C@@H]3C[C@@]1(O[C@@H]1O[C@H](COC(=O)c4cc(O)c(O)c(O)c4)[C@@H](O)[C@H](O)[C@H]1O)[C@]3(CO)C(=O)O2. The summed E-state index contributed by atoms with van der Waals surface area (Å²) >= 11 is 0. The molecule has 0 aromatic heterocycles. The topological polar surface area (TPSA) is 233 Å². The van der Waals surface area contributed by atoms with Gasteiger partial charge in [0, 0.05) is 12.3 Å². The van der Waals surface area contributed by atoms with Crippen molar-refractivity contribution in [1.82, 2.24) is 0 Å². The number of phenols is 3. The maximum atomic E-state index is 12.8. The van der Waals surface area contributed by atoms with Crippen LogP contribution in [0.2, 0.25) is 0 Å². The van der Waals surface area contributed by atoms with Crippen molar-refractivity contribution < 1.29 is 69.4 Å². The first-order chi connectivity index (χ1) is 17.3. The summed E-state index contributed by atoms with van der Waals surface area (Å²) in [6.07, 6.45) is -9.28. The number of fused-ring (bicyclic) bond motifs is 1. The Hall–Kier alpha value is -2.72. The zero-order valence-electron chi connectivity index (χ0n) is 19.6. The molecule has 5 fully saturated rings. The van der Waals surface area contributed by atoms with Crippen LogP contribution in [0.1, 0.15) is 30.1 Å². The molecule has 37 heavy (non-hydrogen) atoms. The molecule has 4 bridgehead atoms. The molecule has 2 saturated heterocycles. The summed E-state index contributed by atoms with van der Waals surface area (Å²) in [5.41, 5.74) is -4.84. The van der Waals surface area contributed by atoms with Crippen LogP contribution in [0.5, 0.6) is 17.2 Å². The Morgan fingerprint density at radius 3 is 2.32 bits per heavy atom. The van der Waals surface area contributed by atoms with Crippen molar-refractivity contribution in [2.45, 2.75) is 67.8 Å². The molecule has 0 radical (unpaired) electrons. The average molecular weight is 528 g/mol. The summed E-state index contributed by atoms with van der Waals surface area (Å²) in [7, 11) is 0. The second-order valence-electron chi connectivity index (χ2n) is 10.3. The number of benzene rings is 1. The van der Waals surface area contributed by atoms with E-state index in [2.05, 4.69) is 0 Å². The van der Waals surface area contributed by atoms with Crippen molar-refractivity contribution in [3.8, 4) is 17.2 Å². The normalized spacial score (nSPS) is 44.2. The first kappa shape index (κ1) is 25.9. The predicted molar refractivity (Wildman–Crippen MR) is 115 cm³/mol. The highest BCUT2D eigenvalue weighted by Gasteiger charge is 2.88. The van der Waals surface area contributed by atoms with E-state index < -0.39 is 102 Å². The second kappa shape index (κ2) is 8.39. The van der Waals surface area contributed by atoms with Crippen LogP contribution in [0.4, 0.5) is 0 Å².